The smallest absolute Gasteiger partial charge is 0.258 e. The number of rotatable bonds is 5. The van der Waals surface area contributed by atoms with Gasteiger partial charge in [-0.05, 0) is 38.3 Å². The second-order valence-corrected chi connectivity index (χ2v) is 5.14. The number of aryl methyl sites for hydroxylation is 1. The standard InChI is InChI=1S/C14H18N4O2/c1-9-7-10(5-6-16-9)14-17-13(18-20-14)12(15)8-19-11-3-2-4-11/h5-7,11-12H,2-4,8,15H2,1H3. The molecule has 1 unspecified atom stereocenters. The van der Waals surface area contributed by atoms with Gasteiger partial charge in [0.1, 0.15) is 0 Å². The first-order chi connectivity index (χ1) is 9.72. The predicted octanol–water partition coefficient (Wildman–Crippen LogP) is 2.01. The first-order valence-electron chi connectivity index (χ1n) is 6.86. The summed E-state index contributed by atoms with van der Waals surface area (Å²) in [6.45, 7) is 2.35. The lowest BCUT2D eigenvalue weighted by atomic mass is 9.96. The van der Waals surface area contributed by atoms with Gasteiger partial charge in [-0.2, -0.15) is 4.98 Å². The molecule has 20 heavy (non-hydrogen) atoms. The van der Waals surface area contributed by atoms with Gasteiger partial charge in [-0.25, -0.2) is 0 Å². The van der Waals surface area contributed by atoms with E-state index in [0.29, 0.717) is 24.4 Å². The zero-order valence-electron chi connectivity index (χ0n) is 11.5. The maximum Gasteiger partial charge on any atom is 0.258 e. The molecule has 2 N–H and O–H groups in total. The average Bonchev–Trinajstić information content (AvgIpc) is 2.86. The maximum absolute atomic E-state index is 6.02. The average molecular weight is 274 g/mol. The number of nitrogens with two attached hydrogens (primary N) is 1. The quantitative estimate of drug-likeness (QED) is 0.897. The molecule has 106 valence electrons. The summed E-state index contributed by atoms with van der Waals surface area (Å²) in [5.41, 5.74) is 7.77. The molecule has 0 radical (unpaired) electrons. The highest BCUT2D eigenvalue weighted by Crippen LogP contribution is 2.23. The number of nitrogens with zero attached hydrogens (tertiary/aromatic N) is 3. The lowest BCUT2D eigenvalue weighted by Gasteiger charge is -2.26. The molecule has 0 amide bonds. The van der Waals surface area contributed by atoms with Crippen LogP contribution in [0.25, 0.3) is 11.5 Å². The number of hydrogen-bond donors (Lipinski definition) is 1. The lowest BCUT2D eigenvalue weighted by Crippen LogP contribution is -2.27. The van der Waals surface area contributed by atoms with Crippen molar-refractivity contribution in [3.05, 3.63) is 29.8 Å². The molecule has 1 fully saturated rings. The van der Waals surface area contributed by atoms with Crippen molar-refractivity contribution in [2.24, 2.45) is 5.73 Å². The van der Waals surface area contributed by atoms with Crippen LogP contribution in [-0.2, 0) is 4.74 Å². The fourth-order valence-electron chi connectivity index (χ4n) is 2.03. The second kappa shape index (κ2) is 5.68. The highest BCUT2D eigenvalue weighted by atomic mass is 16.5. The van der Waals surface area contributed by atoms with Gasteiger partial charge in [0.15, 0.2) is 5.82 Å². The van der Waals surface area contributed by atoms with Crippen LogP contribution in [0.15, 0.2) is 22.9 Å². The third-order valence-electron chi connectivity index (χ3n) is 3.48. The lowest BCUT2D eigenvalue weighted by molar-refractivity contribution is -0.00549. The van der Waals surface area contributed by atoms with E-state index in [0.717, 1.165) is 24.1 Å². The first kappa shape index (κ1) is 13.2. The van der Waals surface area contributed by atoms with Crippen molar-refractivity contribution >= 4 is 0 Å². The molecule has 0 spiro atoms. The Kier molecular flexibility index (Phi) is 3.75. The molecule has 1 aliphatic rings. The molecular formula is C14H18N4O2. The molecule has 2 aromatic rings. The van der Waals surface area contributed by atoms with Crippen molar-refractivity contribution in [2.45, 2.75) is 38.3 Å². The highest BCUT2D eigenvalue weighted by molar-refractivity contribution is 5.52. The van der Waals surface area contributed by atoms with Crippen LogP contribution in [-0.4, -0.2) is 27.8 Å². The van der Waals surface area contributed by atoms with Crippen LogP contribution in [0.5, 0.6) is 0 Å². The number of ether oxygens (including phenoxy) is 1. The largest absolute Gasteiger partial charge is 0.376 e. The van der Waals surface area contributed by atoms with Crippen molar-refractivity contribution in [2.75, 3.05) is 6.61 Å². The van der Waals surface area contributed by atoms with Crippen molar-refractivity contribution in [1.82, 2.24) is 15.1 Å². The molecule has 2 aromatic heterocycles. The van der Waals surface area contributed by atoms with Crippen LogP contribution < -0.4 is 5.73 Å². The Morgan fingerprint density at radius 2 is 2.35 bits per heavy atom. The first-order valence-corrected chi connectivity index (χ1v) is 6.86. The minimum absolute atomic E-state index is 0.351. The van der Waals surface area contributed by atoms with Crippen LogP contribution in [0.4, 0.5) is 0 Å². The summed E-state index contributed by atoms with van der Waals surface area (Å²) in [6.07, 6.45) is 5.57. The highest BCUT2D eigenvalue weighted by Gasteiger charge is 2.21. The van der Waals surface area contributed by atoms with Gasteiger partial charge >= 0.3 is 0 Å². The molecule has 1 atom stereocenters. The fourth-order valence-corrected chi connectivity index (χ4v) is 2.03. The van der Waals surface area contributed by atoms with Crippen molar-refractivity contribution in [3.63, 3.8) is 0 Å². The summed E-state index contributed by atoms with van der Waals surface area (Å²) in [5.74, 6) is 0.943. The molecule has 1 saturated carbocycles. The summed E-state index contributed by atoms with van der Waals surface area (Å²) < 4.78 is 10.9. The van der Waals surface area contributed by atoms with Gasteiger partial charge in [0.2, 0.25) is 0 Å². The summed E-state index contributed by atoms with van der Waals surface area (Å²) in [6, 6.07) is 3.38. The normalized spacial score (nSPS) is 16.9. The molecule has 0 aliphatic heterocycles. The van der Waals surface area contributed by atoms with E-state index in [1.54, 1.807) is 6.20 Å². The molecular weight excluding hydrogens is 256 g/mol. The molecule has 0 aromatic carbocycles. The van der Waals surface area contributed by atoms with E-state index in [2.05, 4.69) is 15.1 Å². The van der Waals surface area contributed by atoms with Gasteiger partial charge in [-0.15, -0.1) is 0 Å². The van der Waals surface area contributed by atoms with E-state index in [4.69, 9.17) is 15.0 Å². The van der Waals surface area contributed by atoms with Gasteiger partial charge in [0.25, 0.3) is 5.89 Å². The third-order valence-corrected chi connectivity index (χ3v) is 3.48. The van der Waals surface area contributed by atoms with Crippen LogP contribution >= 0.6 is 0 Å². The van der Waals surface area contributed by atoms with Gasteiger partial charge in [0.05, 0.1) is 18.8 Å². The Labute approximate surface area is 117 Å². The van der Waals surface area contributed by atoms with Gasteiger partial charge in [-0.3, -0.25) is 4.98 Å². The molecule has 6 nitrogen and oxygen atoms in total. The molecule has 2 heterocycles. The number of pyridine rings is 1. The van der Waals surface area contributed by atoms with Gasteiger partial charge < -0.3 is 15.0 Å². The molecule has 6 heteroatoms. The van der Waals surface area contributed by atoms with Crippen LogP contribution in [0.3, 0.4) is 0 Å². The van der Waals surface area contributed by atoms with Crippen LogP contribution in [0.1, 0.15) is 36.8 Å². The van der Waals surface area contributed by atoms with E-state index in [1.165, 1.54) is 6.42 Å². The van der Waals surface area contributed by atoms with E-state index in [1.807, 2.05) is 19.1 Å². The zero-order chi connectivity index (χ0) is 13.9. The number of hydrogen-bond acceptors (Lipinski definition) is 6. The summed E-state index contributed by atoms with van der Waals surface area (Å²) >= 11 is 0. The SMILES string of the molecule is Cc1cc(-c2nc(C(N)COC3CCC3)no2)ccn1. The molecule has 0 bridgehead atoms. The summed E-state index contributed by atoms with van der Waals surface area (Å²) in [7, 11) is 0. The summed E-state index contributed by atoms with van der Waals surface area (Å²) in [4.78, 5) is 8.47. The number of aromatic nitrogens is 3. The van der Waals surface area contributed by atoms with Crippen molar-refractivity contribution < 1.29 is 9.26 Å². The van der Waals surface area contributed by atoms with E-state index in [-0.39, 0.29) is 6.04 Å². The topological polar surface area (TPSA) is 87.1 Å². The monoisotopic (exact) mass is 274 g/mol. The summed E-state index contributed by atoms with van der Waals surface area (Å²) in [5, 5.41) is 3.93. The zero-order valence-corrected chi connectivity index (χ0v) is 11.5. The second-order valence-electron chi connectivity index (χ2n) is 5.14. The van der Waals surface area contributed by atoms with Gasteiger partial charge in [-0.1, -0.05) is 5.16 Å². The van der Waals surface area contributed by atoms with E-state index in [9.17, 15) is 0 Å². The van der Waals surface area contributed by atoms with Crippen molar-refractivity contribution in [3.8, 4) is 11.5 Å². The van der Waals surface area contributed by atoms with Crippen LogP contribution in [0, 0.1) is 6.92 Å². The molecule has 1 aliphatic carbocycles. The third kappa shape index (κ3) is 2.86. The maximum atomic E-state index is 6.02. The van der Waals surface area contributed by atoms with Gasteiger partial charge in [0, 0.05) is 17.5 Å². The molecule has 3 rings (SSSR count). The minimum Gasteiger partial charge on any atom is -0.376 e. The predicted molar refractivity (Wildman–Crippen MR) is 72.8 cm³/mol. The molecule has 0 saturated heterocycles. The Balaban J connectivity index is 1.66. The Bertz CT molecular complexity index is 580. The Hall–Kier alpha value is -1.79. The van der Waals surface area contributed by atoms with Crippen molar-refractivity contribution in [1.29, 1.82) is 0 Å². The van der Waals surface area contributed by atoms with E-state index >= 15 is 0 Å². The fraction of sp³-hybridized carbons (Fsp3) is 0.500. The van der Waals surface area contributed by atoms with E-state index < -0.39 is 0 Å². The Morgan fingerprint density at radius 3 is 3.05 bits per heavy atom. The Morgan fingerprint density at radius 1 is 1.50 bits per heavy atom. The minimum atomic E-state index is -0.351. The van der Waals surface area contributed by atoms with Crippen LogP contribution in [0.2, 0.25) is 0 Å².